The van der Waals surface area contributed by atoms with E-state index in [4.69, 9.17) is 10.6 Å². The van der Waals surface area contributed by atoms with Crippen molar-refractivity contribution in [2.75, 3.05) is 17.9 Å². The van der Waals surface area contributed by atoms with Gasteiger partial charge in [0.1, 0.15) is 6.33 Å². The third-order valence-corrected chi connectivity index (χ3v) is 3.74. The average Bonchev–Trinajstić information content (AvgIpc) is 2.98. The zero-order valence-electron chi connectivity index (χ0n) is 10.9. The quantitative estimate of drug-likeness (QED) is 0.556. The number of hydrogen-bond donors (Lipinski definition) is 3. The summed E-state index contributed by atoms with van der Waals surface area (Å²) in [7, 11) is 1.57. The molecular formula is C12H17N5OS. The van der Waals surface area contributed by atoms with Crippen molar-refractivity contribution < 1.29 is 4.74 Å². The number of nitrogens with two attached hydrogens (primary N) is 1. The molecule has 0 spiro atoms. The van der Waals surface area contributed by atoms with Crippen LogP contribution < -0.4 is 21.3 Å². The minimum absolute atomic E-state index is 0.189. The number of methoxy groups -OCH3 is 1. The summed E-state index contributed by atoms with van der Waals surface area (Å²) in [5, 5.41) is 5.42. The van der Waals surface area contributed by atoms with Crippen molar-refractivity contribution in [3.05, 3.63) is 28.7 Å². The fourth-order valence-corrected chi connectivity index (χ4v) is 2.66. The maximum atomic E-state index is 5.41. The topological polar surface area (TPSA) is 85.1 Å². The Balaban J connectivity index is 2.27. The van der Waals surface area contributed by atoms with Gasteiger partial charge in [-0.15, -0.1) is 11.3 Å². The van der Waals surface area contributed by atoms with Crippen molar-refractivity contribution in [2.45, 2.75) is 19.4 Å². The number of anilines is 2. The molecule has 0 bridgehead atoms. The predicted octanol–water partition coefficient (Wildman–Crippen LogP) is 2.40. The molecule has 2 aromatic heterocycles. The third kappa shape index (κ3) is 2.94. The summed E-state index contributed by atoms with van der Waals surface area (Å²) in [6.45, 7) is 2.12. The first-order valence-corrected chi connectivity index (χ1v) is 6.83. The zero-order valence-corrected chi connectivity index (χ0v) is 11.7. The Labute approximate surface area is 116 Å². The largest absolute Gasteiger partial charge is 0.490 e. The summed E-state index contributed by atoms with van der Waals surface area (Å²) < 4.78 is 5.30. The Kier molecular flexibility index (Phi) is 4.53. The van der Waals surface area contributed by atoms with E-state index in [0.717, 1.165) is 6.42 Å². The van der Waals surface area contributed by atoms with E-state index in [2.05, 4.69) is 39.1 Å². The molecule has 0 aliphatic rings. The van der Waals surface area contributed by atoms with Crippen molar-refractivity contribution in [2.24, 2.45) is 5.84 Å². The van der Waals surface area contributed by atoms with E-state index in [-0.39, 0.29) is 6.04 Å². The number of thiophene rings is 1. The molecule has 2 heterocycles. The summed E-state index contributed by atoms with van der Waals surface area (Å²) in [6, 6.07) is 4.32. The minimum atomic E-state index is 0.189. The standard InChI is InChI=1S/C12H17N5OS/c1-3-8(9-5-4-6-19-9)16-11-10(18-2)12(17-13)15-7-14-11/h4-8H,3,13H2,1-2H3,(H2,14,15,16,17). The van der Waals surface area contributed by atoms with E-state index in [0.29, 0.717) is 17.4 Å². The second-order valence-corrected chi connectivity index (χ2v) is 4.85. The number of ether oxygens (including phenoxy) is 1. The predicted molar refractivity (Wildman–Crippen MR) is 77.4 cm³/mol. The normalized spacial score (nSPS) is 11.9. The van der Waals surface area contributed by atoms with Crippen molar-refractivity contribution in [1.29, 1.82) is 0 Å². The van der Waals surface area contributed by atoms with Crippen molar-refractivity contribution in [3.8, 4) is 5.75 Å². The van der Waals surface area contributed by atoms with E-state index >= 15 is 0 Å². The zero-order chi connectivity index (χ0) is 13.7. The van der Waals surface area contributed by atoms with Gasteiger partial charge in [0.2, 0.25) is 5.75 Å². The third-order valence-electron chi connectivity index (χ3n) is 2.75. The number of aromatic nitrogens is 2. The van der Waals surface area contributed by atoms with Crippen molar-refractivity contribution in [3.63, 3.8) is 0 Å². The summed E-state index contributed by atoms with van der Waals surface area (Å²) in [4.78, 5) is 9.49. The Morgan fingerprint density at radius 3 is 2.79 bits per heavy atom. The molecule has 4 N–H and O–H groups in total. The van der Waals surface area contributed by atoms with E-state index in [1.165, 1.54) is 11.2 Å². The van der Waals surface area contributed by atoms with Gasteiger partial charge in [0.15, 0.2) is 11.6 Å². The monoisotopic (exact) mass is 279 g/mol. The van der Waals surface area contributed by atoms with E-state index in [1.54, 1.807) is 18.4 Å². The van der Waals surface area contributed by atoms with Crippen LogP contribution in [-0.2, 0) is 0 Å². The fraction of sp³-hybridized carbons (Fsp3) is 0.333. The van der Waals surface area contributed by atoms with Gasteiger partial charge in [-0.2, -0.15) is 0 Å². The number of nitrogen functional groups attached to an aromatic ring is 1. The molecule has 0 saturated heterocycles. The van der Waals surface area contributed by atoms with Gasteiger partial charge in [0, 0.05) is 4.88 Å². The molecule has 0 fully saturated rings. The SMILES string of the molecule is CCC(Nc1ncnc(NN)c1OC)c1cccs1. The van der Waals surface area contributed by atoms with Crippen LogP contribution in [0.5, 0.6) is 5.75 Å². The van der Waals surface area contributed by atoms with Gasteiger partial charge in [0.25, 0.3) is 0 Å². The molecule has 2 aromatic rings. The van der Waals surface area contributed by atoms with Gasteiger partial charge < -0.3 is 15.5 Å². The molecule has 0 saturated carbocycles. The molecule has 0 aliphatic carbocycles. The Morgan fingerprint density at radius 1 is 1.42 bits per heavy atom. The van der Waals surface area contributed by atoms with Crippen LogP contribution in [0.4, 0.5) is 11.6 Å². The van der Waals surface area contributed by atoms with Gasteiger partial charge >= 0.3 is 0 Å². The second kappa shape index (κ2) is 6.35. The van der Waals surface area contributed by atoms with Crippen LogP contribution >= 0.6 is 11.3 Å². The lowest BCUT2D eigenvalue weighted by molar-refractivity contribution is 0.414. The van der Waals surface area contributed by atoms with Crippen LogP contribution in [0.2, 0.25) is 0 Å². The Bertz CT molecular complexity index is 517. The van der Waals surface area contributed by atoms with Crippen LogP contribution in [0.25, 0.3) is 0 Å². The molecule has 1 unspecified atom stereocenters. The van der Waals surface area contributed by atoms with Crippen LogP contribution in [0, 0.1) is 0 Å². The number of hydrazine groups is 1. The maximum absolute atomic E-state index is 5.41. The lowest BCUT2D eigenvalue weighted by atomic mass is 10.2. The second-order valence-electron chi connectivity index (χ2n) is 3.87. The van der Waals surface area contributed by atoms with Gasteiger partial charge in [0.05, 0.1) is 13.2 Å². The van der Waals surface area contributed by atoms with Crippen LogP contribution in [0.3, 0.4) is 0 Å². The lowest BCUT2D eigenvalue weighted by Gasteiger charge is -2.18. The van der Waals surface area contributed by atoms with Crippen LogP contribution in [-0.4, -0.2) is 17.1 Å². The highest BCUT2D eigenvalue weighted by Gasteiger charge is 2.16. The molecule has 0 amide bonds. The number of hydrogen-bond acceptors (Lipinski definition) is 7. The number of nitrogens with one attached hydrogen (secondary N) is 2. The summed E-state index contributed by atoms with van der Waals surface area (Å²) in [5.74, 6) is 7.01. The van der Waals surface area contributed by atoms with Crippen molar-refractivity contribution in [1.82, 2.24) is 9.97 Å². The molecule has 7 heteroatoms. The summed E-state index contributed by atoms with van der Waals surface area (Å²) in [6.07, 6.45) is 2.39. The van der Waals surface area contributed by atoms with E-state index < -0.39 is 0 Å². The molecule has 0 aliphatic heterocycles. The molecular weight excluding hydrogens is 262 g/mol. The molecule has 2 rings (SSSR count). The van der Waals surface area contributed by atoms with Gasteiger partial charge in [-0.25, -0.2) is 15.8 Å². The molecule has 0 radical (unpaired) electrons. The van der Waals surface area contributed by atoms with E-state index in [9.17, 15) is 0 Å². The van der Waals surface area contributed by atoms with E-state index in [1.807, 2.05) is 6.07 Å². The molecule has 102 valence electrons. The van der Waals surface area contributed by atoms with Gasteiger partial charge in [-0.3, -0.25) is 0 Å². The summed E-state index contributed by atoms with van der Waals surface area (Å²) in [5.41, 5.74) is 2.50. The lowest BCUT2D eigenvalue weighted by Crippen LogP contribution is -2.14. The molecule has 6 nitrogen and oxygen atoms in total. The van der Waals surface area contributed by atoms with Gasteiger partial charge in [-0.05, 0) is 17.9 Å². The average molecular weight is 279 g/mol. The Hall–Kier alpha value is -1.86. The Morgan fingerprint density at radius 2 is 2.21 bits per heavy atom. The van der Waals surface area contributed by atoms with Crippen LogP contribution in [0.1, 0.15) is 24.3 Å². The van der Waals surface area contributed by atoms with Crippen molar-refractivity contribution >= 4 is 23.0 Å². The number of rotatable bonds is 6. The molecule has 19 heavy (non-hydrogen) atoms. The minimum Gasteiger partial charge on any atom is -0.490 e. The van der Waals surface area contributed by atoms with Crippen LogP contribution in [0.15, 0.2) is 23.8 Å². The summed E-state index contributed by atoms with van der Waals surface area (Å²) >= 11 is 1.71. The van der Waals surface area contributed by atoms with Gasteiger partial charge in [-0.1, -0.05) is 13.0 Å². The maximum Gasteiger partial charge on any atom is 0.205 e. The first kappa shape index (κ1) is 13.6. The molecule has 1 atom stereocenters. The highest BCUT2D eigenvalue weighted by atomic mass is 32.1. The molecule has 0 aromatic carbocycles. The number of nitrogens with zero attached hydrogens (tertiary/aromatic N) is 2. The first-order valence-electron chi connectivity index (χ1n) is 5.95. The smallest absolute Gasteiger partial charge is 0.205 e. The highest BCUT2D eigenvalue weighted by Crippen LogP contribution is 2.33. The fourth-order valence-electron chi connectivity index (χ4n) is 1.80. The first-order chi connectivity index (χ1) is 9.30. The highest BCUT2D eigenvalue weighted by molar-refractivity contribution is 7.10.